The molecule has 0 spiro atoms. The van der Waals surface area contributed by atoms with E-state index in [0.29, 0.717) is 14.4 Å². The number of amidine groups is 1. The van der Waals surface area contributed by atoms with E-state index in [1.54, 1.807) is 0 Å². The molecular weight excluding hydrogens is 151 g/mol. The first-order chi connectivity index (χ1) is 4.88. The molecule has 0 unspecified atom stereocenters. The monoisotopic (exact) mass is 152 g/mol. The van der Waals surface area contributed by atoms with Gasteiger partial charge in [-0.2, -0.15) is 9.51 Å². The predicted octanol–water partition coefficient (Wildman–Crippen LogP) is 0.453. The molecule has 0 N–H and O–H groups in total. The Labute approximate surface area is 57.5 Å². The van der Waals surface area contributed by atoms with Gasteiger partial charge in [0.1, 0.15) is 6.34 Å². The molecule has 1 amide bonds. The van der Waals surface area contributed by atoms with E-state index < -0.39 is 0 Å². The summed E-state index contributed by atoms with van der Waals surface area (Å²) in [4.78, 5) is 18.2. The molecule has 0 aromatic rings. The summed E-state index contributed by atoms with van der Waals surface area (Å²) in [6.45, 7) is 0. The minimum atomic E-state index is -0.329. The summed E-state index contributed by atoms with van der Waals surface area (Å²) in [6.07, 6.45) is 1.31. The smallest absolute Gasteiger partial charge is 0.264 e. The Bertz CT molecular complexity index is 307. The molecule has 6 heteroatoms. The minimum absolute atomic E-state index is 0.263. The van der Waals surface area contributed by atoms with E-state index in [-0.39, 0.29) is 11.6 Å². The van der Waals surface area contributed by atoms with Crippen molar-refractivity contribution in [3.63, 3.8) is 0 Å². The molecule has 2 aliphatic heterocycles. The van der Waals surface area contributed by atoms with Crippen LogP contribution in [0.3, 0.4) is 0 Å². The zero-order chi connectivity index (χ0) is 6.97. The topological polar surface area (TPSA) is 66.5 Å². The van der Waals surface area contributed by atoms with E-state index in [4.69, 9.17) is 0 Å². The van der Waals surface area contributed by atoms with Crippen LogP contribution in [0.25, 0.3) is 0 Å². The van der Waals surface area contributed by atoms with Crippen LogP contribution in [0.5, 0.6) is 0 Å². The Kier molecular flexibility index (Phi) is 1.05. The summed E-state index contributed by atoms with van der Waals surface area (Å²) in [7, 11) is 0.406. The van der Waals surface area contributed by atoms with Gasteiger partial charge >= 0.3 is 5.91 Å². The highest BCUT2D eigenvalue weighted by Gasteiger charge is 2.22. The summed E-state index contributed by atoms with van der Waals surface area (Å²) in [5, 5.41) is 0. The fourth-order valence-electron chi connectivity index (χ4n) is 0.637. The lowest BCUT2D eigenvalue weighted by Gasteiger charge is -1.95. The lowest BCUT2D eigenvalue weighted by molar-refractivity contribution is -0.111. The zero-order valence-electron chi connectivity index (χ0n) is 4.72. The maximum absolute atomic E-state index is 10.8. The summed E-state index contributed by atoms with van der Waals surface area (Å²) in [5.41, 5.74) is 0.263. The van der Waals surface area contributed by atoms with Gasteiger partial charge in [0.25, 0.3) is 0 Å². The fourth-order valence-corrected chi connectivity index (χ4v) is 1.09. The van der Waals surface area contributed by atoms with E-state index in [1.165, 1.54) is 6.34 Å². The Hall–Kier alpha value is -1.22. The molecular formula is C4HN4OP. The largest absolute Gasteiger partial charge is 0.304 e. The van der Waals surface area contributed by atoms with Crippen molar-refractivity contribution in [2.75, 3.05) is 0 Å². The van der Waals surface area contributed by atoms with Gasteiger partial charge in [0, 0.05) is 0 Å². The standard InChI is InChI=1S/C4HN4OP/c9-4-2-3(6-1-5-2)7-10-8-4/h1H. The molecule has 0 atom stereocenters. The van der Waals surface area contributed by atoms with Crippen LogP contribution >= 0.6 is 8.52 Å². The molecule has 0 fully saturated rings. The Morgan fingerprint density at radius 2 is 2.40 bits per heavy atom. The molecule has 0 bridgehead atoms. The van der Waals surface area contributed by atoms with Gasteiger partial charge in [-0.05, 0) is 0 Å². The molecule has 0 saturated carbocycles. The van der Waals surface area contributed by atoms with E-state index in [2.05, 4.69) is 19.5 Å². The van der Waals surface area contributed by atoms with Crippen molar-refractivity contribution in [1.29, 1.82) is 0 Å². The van der Waals surface area contributed by atoms with Gasteiger partial charge in [-0.1, -0.05) is 0 Å². The highest BCUT2D eigenvalue weighted by atomic mass is 31.1. The second kappa shape index (κ2) is 1.88. The molecule has 0 saturated heterocycles. The number of amides is 1. The van der Waals surface area contributed by atoms with Crippen LogP contribution < -0.4 is 0 Å². The molecule has 2 rings (SSSR count). The fraction of sp³-hybridized carbons (Fsp3) is 0. The summed E-state index contributed by atoms with van der Waals surface area (Å²) >= 11 is 0. The van der Waals surface area contributed by atoms with Crippen LogP contribution in [-0.4, -0.2) is 23.8 Å². The second-order valence-corrected chi connectivity index (χ2v) is 2.22. The number of aliphatic imine (C=N–C) groups is 2. The number of carbonyl (C=O) groups excluding carboxylic acids is 1. The number of hydrogen-bond acceptors (Lipinski definition) is 4. The molecule has 48 valence electrons. The van der Waals surface area contributed by atoms with Gasteiger partial charge < -0.3 is 0 Å². The average molecular weight is 152 g/mol. The van der Waals surface area contributed by atoms with Gasteiger partial charge in [0.05, 0.1) is 0 Å². The molecule has 0 aliphatic carbocycles. The Balaban J connectivity index is 2.54. The molecule has 5 nitrogen and oxygen atoms in total. The quantitative estimate of drug-likeness (QED) is 0.464. The van der Waals surface area contributed by atoms with E-state index in [1.807, 2.05) is 0 Å². The van der Waals surface area contributed by atoms with Crippen LogP contribution in [-0.2, 0) is 4.79 Å². The van der Waals surface area contributed by atoms with Crippen LogP contribution in [0, 0.1) is 0 Å². The highest BCUT2D eigenvalue weighted by Crippen LogP contribution is 2.13. The van der Waals surface area contributed by atoms with Crippen LogP contribution in [0.1, 0.15) is 0 Å². The third-order valence-electron chi connectivity index (χ3n) is 1.06. The normalized spacial score (nSPS) is 22.2. The van der Waals surface area contributed by atoms with Crippen molar-refractivity contribution in [3.8, 4) is 0 Å². The first-order valence-electron chi connectivity index (χ1n) is 2.51. The van der Waals surface area contributed by atoms with E-state index >= 15 is 0 Å². The molecule has 0 aromatic heterocycles. The molecule has 0 aromatic carbocycles. The predicted molar refractivity (Wildman–Crippen MR) is 37.7 cm³/mol. The van der Waals surface area contributed by atoms with Gasteiger partial charge in [-0.3, -0.25) is 4.79 Å². The number of fused-ring (bicyclic) bond motifs is 1. The SMILES string of the molecule is O=C1N=PN=C2N=CN=C12. The lowest BCUT2D eigenvalue weighted by atomic mass is 10.3. The average Bonchev–Trinajstić information content (AvgIpc) is 2.36. The first kappa shape index (κ1) is 5.56. The second-order valence-electron chi connectivity index (χ2n) is 1.64. The van der Waals surface area contributed by atoms with Gasteiger partial charge in [-0.15, -0.1) is 0 Å². The molecule has 2 heterocycles. The van der Waals surface area contributed by atoms with Gasteiger partial charge in [0.2, 0.25) is 0 Å². The van der Waals surface area contributed by atoms with Crippen LogP contribution in [0.15, 0.2) is 19.5 Å². The molecule has 0 radical (unpaired) electrons. The van der Waals surface area contributed by atoms with Gasteiger partial charge in [0.15, 0.2) is 20.1 Å². The Morgan fingerprint density at radius 1 is 1.50 bits per heavy atom. The van der Waals surface area contributed by atoms with Gasteiger partial charge in [-0.25, -0.2) is 9.98 Å². The van der Waals surface area contributed by atoms with Crippen molar-refractivity contribution in [3.05, 3.63) is 0 Å². The Morgan fingerprint density at radius 3 is 3.20 bits per heavy atom. The third-order valence-corrected chi connectivity index (χ3v) is 1.61. The van der Waals surface area contributed by atoms with Crippen molar-refractivity contribution in [2.45, 2.75) is 0 Å². The van der Waals surface area contributed by atoms with Crippen LogP contribution in [0.2, 0.25) is 0 Å². The van der Waals surface area contributed by atoms with Crippen molar-refractivity contribution >= 4 is 32.3 Å². The maximum atomic E-state index is 10.8. The van der Waals surface area contributed by atoms with Crippen LogP contribution in [0.4, 0.5) is 0 Å². The highest BCUT2D eigenvalue weighted by molar-refractivity contribution is 7.27. The number of nitrogens with zero attached hydrogens (tertiary/aromatic N) is 4. The summed E-state index contributed by atoms with van der Waals surface area (Å²) < 4.78 is 7.32. The number of hydrogen-bond donors (Lipinski definition) is 0. The summed E-state index contributed by atoms with van der Waals surface area (Å²) in [6, 6.07) is 0. The molecule has 10 heavy (non-hydrogen) atoms. The lowest BCUT2D eigenvalue weighted by Crippen LogP contribution is -2.18. The van der Waals surface area contributed by atoms with Crippen molar-refractivity contribution < 1.29 is 4.79 Å². The number of carbonyl (C=O) groups is 1. The molecule has 2 aliphatic rings. The van der Waals surface area contributed by atoms with E-state index in [9.17, 15) is 4.79 Å². The maximum Gasteiger partial charge on any atom is 0.304 e. The van der Waals surface area contributed by atoms with Crippen molar-refractivity contribution in [2.24, 2.45) is 19.5 Å². The van der Waals surface area contributed by atoms with E-state index in [0.717, 1.165) is 0 Å². The third kappa shape index (κ3) is 0.642. The number of rotatable bonds is 0. The van der Waals surface area contributed by atoms with Crippen molar-refractivity contribution in [1.82, 2.24) is 0 Å². The minimum Gasteiger partial charge on any atom is -0.264 e. The first-order valence-corrected chi connectivity index (χ1v) is 3.31. The summed E-state index contributed by atoms with van der Waals surface area (Å²) in [5.74, 6) is 0.0748. The zero-order valence-corrected chi connectivity index (χ0v) is 5.62.